The first-order valence-corrected chi connectivity index (χ1v) is 6.08. The van der Waals surface area contributed by atoms with Gasteiger partial charge in [-0.2, -0.15) is 0 Å². The predicted molar refractivity (Wildman–Crippen MR) is 65.3 cm³/mol. The normalized spacial score (nSPS) is 29.2. The van der Waals surface area contributed by atoms with Crippen LogP contribution in [0.1, 0.15) is 30.7 Å². The summed E-state index contributed by atoms with van der Waals surface area (Å²) in [6, 6.07) is 8.02. The van der Waals surface area contributed by atoms with Gasteiger partial charge in [-0.3, -0.25) is 4.79 Å². The smallest absolute Gasteiger partial charge is 0.323 e. The lowest BCUT2D eigenvalue weighted by Gasteiger charge is -2.18. The van der Waals surface area contributed by atoms with Crippen LogP contribution in [-0.4, -0.2) is 16.6 Å². The molecule has 1 aliphatic carbocycles. The largest absolute Gasteiger partial charge is 0.480 e. The Morgan fingerprint density at radius 2 is 2.06 bits per heavy atom. The number of nitrogens with two attached hydrogens (primary N) is 1. The van der Waals surface area contributed by atoms with Crippen molar-refractivity contribution in [2.24, 2.45) is 5.73 Å². The van der Waals surface area contributed by atoms with Crippen molar-refractivity contribution in [3.05, 3.63) is 34.3 Å². The van der Waals surface area contributed by atoms with E-state index >= 15 is 0 Å². The molecule has 0 amide bonds. The Morgan fingerprint density at radius 1 is 1.44 bits per heavy atom. The summed E-state index contributed by atoms with van der Waals surface area (Å²) in [7, 11) is 0. The Bertz CT molecular complexity index is 404. The van der Waals surface area contributed by atoms with Gasteiger partial charge in [-0.25, -0.2) is 0 Å². The van der Waals surface area contributed by atoms with Gasteiger partial charge in [0.25, 0.3) is 0 Å². The molecule has 0 unspecified atom stereocenters. The highest BCUT2D eigenvalue weighted by Gasteiger charge is 2.42. The lowest BCUT2D eigenvalue weighted by atomic mass is 9.93. The van der Waals surface area contributed by atoms with E-state index in [1.54, 1.807) is 0 Å². The Labute approximate surface area is 103 Å². The first kappa shape index (κ1) is 11.6. The van der Waals surface area contributed by atoms with Crippen LogP contribution in [0.2, 0.25) is 0 Å². The van der Waals surface area contributed by atoms with Crippen molar-refractivity contribution >= 4 is 21.9 Å². The van der Waals surface area contributed by atoms with E-state index in [0.29, 0.717) is 12.8 Å². The molecule has 0 saturated heterocycles. The molecule has 1 saturated carbocycles. The molecule has 0 bridgehead atoms. The zero-order valence-corrected chi connectivity index (χ0v) is 10.4. The molecule has 4 heteroatoms. The van der Waals surface area contributed by atoms with Crippen LogP contribution in [0.15, 0.2) is 28.7 Å². The fourth-order valence-electron chi connectivity index (χ4n) is 2.29. The second-order valence-corrected chi connectivity index (χ2v) is 5.37. The molecule has 2 rings (SSSR count). The Kier molecular flexibility index (Phi) is 3.04. The van der Waals surface area contributed by atoms with Crippen molar-refractivity contribution in [3.8, 4) is 0 Å². The van der Waals surface area contributed by atoms with Crippen LogP contribution in [0.25, 0.3) is 0 Å². The van der Waals surface area contributed by atoms with Gasteiger partial charge >= 0.3 is 5.97 Å². The number of hydrogen-bond acceptors (Lipinski definition) is 2. The first-order chi connectivity index (χ1) is 7.51. The Morgan fingerprint density at radius 3 is 2.56 bits per heavy atom. The van der Waals surface area contributed by atoms with Gasteiger partial charge in [-0.1, -0.05) is 28.1 Å². The van der Waals surface area contributed by atoms with Gasteiger partial charge in [0.05, 0.1) is 0 Å². The molecule has 1 aromatic carbocycles. The molecule has 3 N–H and O–H groups in total. The molecule has 0 heterocycles. The highest BCUT2D eigenvalue weighted by atomic mass is 79.9. The quantitative estimate of drug-likeness (QED) is 0.877. The van der Waals surface area contributed by atoms with Gasteiger partial charge in [-0.05, 0) is 42.9 Å². The van der Waals surface area contributed by atoms with E-state index in [1.807, 2.05) is 24.3 Å². The van der Waals surface area contributed by atoms with Gasteiger partial charge in [0.2, 0.25) is 0 Å². The maximum absolute atomic E-state index is 11.0. The van der Waals surface area contributed by atoms with Gasteiger partial charge < -0.3 is 10.8 Å². The number of rotatable bonds is 2. The fourth-order valence-corrected chi connectivity index (χ4v) is 2.55. The Balaban J connectivity index is 2.15. The molecule has 1 aliphatic rings. The monoisotopic (exact) mass is 283 g/mol. The van der Waals surface area contributed by atoms with E-state index in [-0.39, 0.29) is 5.92 Å². The van der Waals surface area contributed by atoms with Crippen molar-refractivity contribution < 1.29 is 9.90 Å². The van der Waals surface area contributed by atoms with E-state index in [0.717, 1.165) is 10.9 Å². The van der Waals surface area contributed by atoms with Crippen molar-refractivity contribution in [2.75, 3.05) is 0 Å². The number of benzene rings is 1. The van der Waals surface area contributed by atoms with Crippen molar-refractivity contribution in [1.82, 2.24) is 0 Å². The summed E-state index contributed by atoms with van der Waals surface area (Å²) in [6.45, 7) is 0. The summed E-state index contributed by atoms with van der Waals surface area (Å²) in [5, 5.41) is 9.05. The first-order valence-electron chi connectivity index (χ1n) is 5.29. The van der Waals surface area contributed by atoms with Crippen LogP contribution >= 0.6 is 15.9 Å². The molecule has 16 heavy (non-hydrogen) atoms. The summed E-state index contributed by atoms with van der Waals surface area (Å²) >= 11 is 3.38. The second-order valence-electron chi connectivity index (χ2n) is 4.45. The molecular weight excluding hydrogens is 270 g/mol. The molecule has 0 aliphatic heterocycles. The van der Waals surface area contributed by atoms with Crippen LogP contribution in [0.3, 0.4) is 0 Å². The topological polar surface area (TPSA) is 63.3 Å². The van der Waals surface area contributed by atoms with Crippen LogP contribution < -0.4 is 5.73 Å². The third kappa shape index (κ3) is 2.13. The zero-order chi connectivity index (χ0) is 11.8. The SMILES string of the molecule is N[C@]1(C(=O)O)CC[C@@H](c2ccc(Br)cc2)C1. The van der Waals surface area contributed by atoms with Crippen molar-refractivity contribution in [2.45, 2.75) is 30.7 Å². The lowest BCUT2D eigenvalue weighted by Crippen LogP contribution is -2.45. The van der Waals surface area contributed by atoms with Gasteiger partial charge in [0.15, 0.2) is 0 Å². The molecule has 1 aromatic rings. The number of carbonyl (C=O) groups is 1. The highest BCUT2D eigenvalue weighted by Crippen LogP contribution is 2.39. The van der Waals surface area contributed by atoms with Gasteiger partial charge in [0.1, 0.15) is 5.54 Å². The standard InChI is InChI=1S/C12H14BrNO2/c13-10-3-1-8(2-4-10)9-5-6-12(14,7-9)11(15)16/h1-4,9H,5-7,14H2,(H,15,16)/t9-,12-/m1/s1. The molecular formula is C12H14BrNO2. The predicted octanol–water partition coefficient (Wildman–Crippen LogP) is 2.50. The van der Waals surface area contributed by atoms with Gasteiger partial charge in [0, 0.05) is 4.47 Å². The van der Waals surface area contributed by atoms with Crippen LogP contribution in [-0.2, 0) is 4.79 Å². The maximum atomic E-state index is 11.0. The van der Waals surface area contributed by atoms with Crippen molar-refractivity contribution in [1.29, 1.82) is 0 Å². The fraction of sp³-hybridized carbons (Fsp3) is 0.417. The molecule has 86 valence electrons. The van der Waals surface area contributed by atoms with E-state index in [1.165, 1.54) is 5.56 Å². The molecule has 1 fully saturated rings. The number of aliphatic carboxylic acids is 1. The number of carboxylic acid groups (broad SMARTS) is 1. The summed E-state index contributed by atoms with van der Waals surface area (Å²) in [5.74, 6) is -0.610. The van der Waals surface area contributed by atoms with Gasteiger partial charge in [-0.15, -0.1) is 0 Å². The van der Waals surface area contributed by atoms with E-state index < -0.39 is 11.5 Å². The van der Waals surface area contributed by atoms with Crippen LogP contribution in [0.4, 0.5) is 0 Å². The lowest BCUT2D eigenvalue weighted by molar-refractivity contribution is -0.143. The molecule has 0 radical (unpaired) electrons. The second kappa shape index (κ2) is 4.18. The molecule has 2 atom stereocenters. The minimum Gasteiger partial charge on any atom is -0.480 e. The van der Waals surface area contributed by atoms with Crippen molar-refractivity contribution in [3.63, 3.8) is 0 Å². The minimum atomic E-state index is -1.03. The summed E-state index contributed by atoms with van der Waals surface area (Å²) < 4.78 is 1.03. The number of carboxylic acids is 1. The van der Waals surface area contributed by atoms with E-state index in [2.05, 4.69) is 15.9 Å². The third-order valence-corrected chi connectivity index (χ3v) is 3.85. The molecule has 0 aromatic heterocycles. The summed E-state index contributed by atoms with van der Waals surface area (Å²) in [4.78, 5) is 11.0. The third-order valence-electron chi connectivity index (χ3n) is 3.32. The van der Waals surface area contributed by atoms with E-state index in [9.17, 15) is 4.79 Å². The molecule has 0 spiro atoms. The number of halogens is 1. The van der Waals surface area contributed by atoms with E-state index in [4.69, 9.17) is 10.8 Å². The Hall–Kier alpha value is -0.870. The van der Waals surface area contributed by atoms with Crippen LogP contribution in [0, 0.1) is 0 Å². The zero-order valence-electron chi connectivity index (χ0n) is 8.82. The average Bonchev–Trinajstić information content (AvgIpc) is 2.63. The summed E-state index contributed by atoms with van der Waals surface area (Å²) in [6.07, 6.45) is 1.94. The maximum Gasteiger partial charge on any atom is 0.323 e. The summed E-state index contributed by atoms with van der Waals surface area (Å²) in [5.41, 5.74) is 6.00. The average molecular weight is 284 g/mol. The minimum absolute atomic E-state index is 0.272. The highest BCUT2D eigenvalue weighted by molar-refractivity contribution is 9.10. The number of hydrogen-bond donors (Lipinski definition) is 2. The molecule has 3 nitrogen and oxygen atoms in total. The van der Waals surface area contributed by atoms with Crippen LogP contribution in [0.5, 0.6) is 0 Å².